The van der Waals surface area contributed by atoms with Crippen LogP contribution in [0.25, 0.3) is 0 Å². The monoisotopic (exact) mass is 387 g/mol. The van der Waals surface area contributed by atoms with Gasteiger partial charge in [-0.05, 0) is 63.3 Å². The minimum atomic E-state index is -0.569. The lowest BCUT2D eigenvalue weighted by molar-refractivity contribution is -0.121. The highest BCUT2D eigenvalue weighted by Gasteiger charge is 2.17. The van der Waals surface area contributed by atoms with Crippen LogP contribution in [0.1, 0.15) is 45.6 Å². The lowest BCUT2D eigenvalue weighted by Gasteiger charge is -2.19. The summed E-state index contributed by atoms with van der Waals surface area (Å²) in [7, 11) is 0. The van der Waals surface area contributed by atoms with Gasteiger partial charge in [-0.15, -0.1) is 0 Å². The number of ether oxygens (including phenoxy) is 1. The average Bonchev–Trinajstić information content (AvgIpc) is 3.41. The summed E-state index contributed by atoms with van der Waals surface area (Å²) in [6, 6.07) is 7.32. The zero-order valence-electron chi connectivity index (χ0n) is 16.7. The van der Waals surface area contributed by atoms with E-state index in [0.29, 0.717) is 18.2 Å². The summed E-state index contributed by atoms with van der Waals surface area (Å²) >= 11 is 0. The summed E-state index contributed by atoms with van der Waals surface area (Å²) in [6.45, 7) is 5.87. The maximum Gasteiger partial charge on any atom is 0.407 e. The number of carbonyl (C=O) groups excluding carboxylic acids is 3. The molecule has 1 aromatic carbocycles. The number of rotatable bonds is 8. The van der Waals surface area contributed by atoms with Crippen molar-refractivity contribution < 1.29 is 19.1 Å². The van der Waals surface area contributed by atoms with E-state index in [-0.39, 0.29) is 24.8 Å². The fraction of sp³-hybridized carbons (Fsp3) is 0.476. The second kappa shape index (κ2) is 9.92. The molecule has 7 nitrogen and oxygen atoms in total. The Labute approximate surface area is 165 Å². The zero-order valence-corrected chi connectivity index (χ0v) is 16.7. The van der Waals surface area contributed by atoms with Crippen LogP contribution in [0.5, 0.6) is 0 Å². The second-order valence-corrected chi connectivity index (χ2v) is 7.84. The summed E-state index contributed by atoms with van der Waals surface area (Å²) in [5.41, 5.74) is 0.988. The standard InChI is InChI=1S/C21H29N3O4/c1-21(2,3)28-20(27)22-12-11-18(25)23-14-16-5-4-6-17(13-16)24-19(26)10-9-15-7-8-15/h4-6,9-10,13,15H,7-8,11-12,14H2,1-3H3,(H,22,27)(H,23,25)(H,24,26)/b10-9+. The summed E-state index contributed by atoms with van der Waals surface area (Å²) < 4.78 is 5.11. The Hall–Kier alpha value is -2.83. The van der Waals surface area contributed by atoms with E-state index < -0.39 is 11.7 Å². The minimum Gasteiger partial charge on any atom is -0.444 e. The molecule has 7 heteroatoms. The molecule has 3 N–H and O–H groups in total. The SMILES string of the molecule is CC(C)(C)OC(=O)NCCC(=O)NCc1cccc(NC(=O)/C=C/C2CC2)c1. The molecule has 152 valence electrons. The molecule has 0 unspecified atom stereocenters. The molecule has 0 saturated heterocycles. The van der Waals surface area contributed by atoms with E-state index in [9.17, 15) is 14.4 Å². The molecule has 0 radical (unpaired) electrons. The van der Waals surface area contributed by atoms with Crippen molar-refractivity contribution in [3.05, 3.63) is 42.0 Å². The molecule has 0 bridgehead atoms. The third-order valence-corrected chi connectivity index (χ3v) is 3.85. The number of nitrogens with one attached hydrogen (secondary N) is 3. The Balaban J connectivity index is 1.69. The number of hydrogen-bond acceptors (Lipinski definition) is 4. The lowest BCUT2D eigenvalue weighted by Crippen LogP contribution is -2.35. The highest BCUT2D eigenvalue weighted by Crippen LogP contribution is 2.29. The number of benzene rings is 1. The fourth-order valence-electron chi connectivity index (χ4n) is 2.34. The lowest BCUT2D eigenvalue weighted by atomic mass is 10.2. The molecule has 1 aromatic rings. The Kier molecular flexibility index (Phi) is 7.61. The van der Waals surface area contributed by atoms with Crippen LogP contribution < -0.4 is 16.0 Å². The number of anilines is 1. The van der Waals surface area contributed by atoms with Crippen molar-refractivity contribution >= 4 is 23.6 Å². The van der Waals surface area contributed by atoms with Crippen LogP contribution in [-0.2, 0) is 20.9 Å². The molecule has 0 spiro atoms. The molecular formula is C21H29N3O4. The largest absolute Gasteiger partial charge is 0.444 e. The van der Waals surface area contributed by atoms with E-state index in [1.165, 1.54) is 0 Å². The number of amides is 3. The van der Waals surface area contributed by atoms with Gasteiger partial charge in [0, 0.05) is 25.2 Å². The van der Waals surface area contributed by atoms with Gasteiger partial charge in [-0.25, -0.2) is 4.79 Å². The highest BCUT2D eigenvalue weighted by molar-refractivity contribution is 5.99. The summed E-state index contributed by atoms with van der Waals surface area (Å²) in [4.78, 5) is 35.3. The zero-order chi connectivity index (χ0) is 20.6. The van der Waals surface area contributed by atoms with Crippen molar-refractivity contribution in [2.24, 2.45) is 5.92 Å². The molecule has 0 aliphatic heterocycles. The van der Waals surface area contributed by atoms with Crippen molar-refractivity contribution in [2.45, 2.75) is 52.2 Å². The van der Waals surface area contributed by atoms with Gasteiger partial charge in [0.1, 0.15) is 5.60 Å². The first kappa shape index (κ1) is 21.5. The van der Waals surface area contributed by atoms with Crippen molar-refractivity contribution in [1.29, 1.82) is 0 Å². The van der Waals surface area contributed by atoms with Crippen LogP contribution in [0.2, 0.25) is 0 Å². The van der Waals surface area contributed by atoms with E-state index >= 15 is 0 Å². The van der Waals surface area contributed by atoms with Crippen molar-refractivity contribution in [3.63, 3.8) is 0 Å². The van der Waals surface area contributed by atoms with Crippen molar-refractivity contribution in [3.8, 4) is 0 Å². The summed E-state index contributed by atoms with van der Waals surface area (Å²) in [5, 5.41) is 8.16. The van der Waals surface area contributed by atoms with Crippen molar-refractivity contribution in [2.75, 3.05) is 11.9 Å². The van der Waals surface area contributed by atoms with Crippen LogP contribution in [0.15, 0.2) is 36.4 Å². The molecule has 0 atom stereocenters. The van der Waals surface area contributed by atoms with E-state index in [4.69, 9.17) is 4.74 Å². The third-order valence-electron chi connectivity index (χ3n) is 3.85. The Bertz CT molecular complexity index is 733. The Morgan fingerprint density at radius 1 is 1.18 bits per heavy atom. The van der Waals surface area contributed by atoms with Gasteiger partial charge in [-0.2, -0.15) is 0 Å². The van der Waals surface area contributed by atoms with Gasteiger partial charge in [0.2, 0.25) is 11.8 Å². The maximum atomic E-state index is 11.9. The molecule has 0 aromatic heterocycles. The number of alkyl carbamates (subject to hydrolysis) is 1. The maximum absolute atomic E-state index is 11.9. The van der Waals surface area contributed by atoms with Crippen molar-refractivity contribution in [1.82, 2.24) is 10.6 Å². The second-order valence-electron chi connectivity index (χ2n) is 7.84. The topological polar surface area (TPSA) is 96.5 Å². The quantitative estimate of drug-likeness (QED) is 0.597. The number of allylic oxidation sites excluding steroid dienone is 1. The normalized spacial score (nSPS) is 13.8. The molecule has 1 aliphatic rings. The van der Waals surface area contributed by atoms with E-state index in [1.54, 1.807) is 32.9 Å². The van der Waals surface area contributed by atoms with E-state index in [2.05, 4.69) is 16.0 Å². The Morgan fingerprint density at radius 3 is 2.61 bits per heavy atom. The summed E-state index contributed by atoms with van der Waals surface area (Å²) in [6.07, 6.45) is 5.44. The van der Waals surface area contributed by atoms with Gasteiger partial charge in [-0.1, -0.05) is 18.2 Å². The first-order valence-corrected chi connectivity index (χ1v) is 9.53. The first-order valence-electron chi connectivity index (χ1n) is 9.53. The number of carbonyl (C=O) groups is 3. The molecule has 0 heterocycles. The van der Waals surface area contributed by atoms with E-state index in [1.807, 2.05) is 24.3 Å². The van der Waals surface area contributed by atoms with E-state index in [0.717, 1.165) is 18.4 Å². The van der Waals surface area contributed by atoms with Crippen LogP contribution in [0.3, 0.4) is 0 Å². The van der Waals surface area contributed by atoms with Crippen LogP contribution in [-0.4, -0.2) is 30.1 Å². The third kappa shape index (κ3) is 9.21. The highest BCUT2D eigenvalue weighted by atomic mass is 16.6. The molecular weight excluding hydrogens is 358 g/mol. The molecule has 2 rings (SSSR count). The molecule has 3 amide bonds. The van der Waals surface area contributed by atoms with Crippen LogP contribution in [0.4, 0.5) is 10.5 Å². The predicted octanol–water partition coefficient (Wildman–Crippen LogP) is 3.12. The van der Waals surface area contributed by atoms with Gasteiger partial charge >= 0.3 is 6.09 Å². The Morgan fingerprint density at radius 2 is 1.93 bits per heavy atom. The smallest absolute Gasteiger partial charge is 0.407 e. The first-order chi connectivity index (χ1) is 13.2. The van der Waals surface area contributed by atoms with Gasteiger partial charge < -0.3 is 20.7 Å². The average molecular weight is 387 g/mol. The fourth-order valence-corrected chi connectivity index (χ4v) is 2.34. The molecule has 1 saturated carbocycles. The molecule has 1 aliphatic carbocycles. The molecule has 28 heavy (non-hydrogen) atoms. The number of hydrogen-bond donors (Lipinski definition) is 3. The summed E-state index contributed by atoms with van der Waals surface area (Å²) in [5.74, 6) is 0.219. The van der Waals surface area contributed by atoms with Gasteiger partial charge in [0.15, 0.2) is 0 Å². The van der Waals surface area contributed by atoms with Gasteiger partial charge in [0.05, 0.1) is 0 Å². The van der Waals surface area contributed by atoms with Gasteiger partial charge in [0.25, 0.3) is 0 Å². The van der Waals surface area contributed by atoms with Crippen LogP contribution >= 0.6 is 0 Å². The molecule has 1 fully saturated rings. The van der Waals surface area contributed by atoms with Gasteiger partial charge in [-0.3, -0.25) is 9.59 Å². The minimum absolute atomic E-state index is 0.152. The predicted molar refractivity (Wildman–Crippen MR) is 108 cm³/mol. The van der Waals surface area contributed by atoms with Crippen LogP contribution in [0, 0.1) is 5.92 Å².